The number of halogens is 1. The van der Waals surface area contributed by atoms with Gasteiger partial charge < -0.3 is 24.5 Å². The Morgan fingerprint density at radius 1 is 1.12 bits per heavy atom. The van der Waals surface area contributed by atoms with Crippen molar-refractivity contribution in [3.05, 3.63) is 90.5 Å². The summed E-state index contributed by atoms with van der Waals surface area (Å²) < 4.78 is 6.60. The van der Waals surface area contributed by atoms with Crippen molar-refractivity contribution in [1.29, 1.82) is 0 Å². The quantitative estimate of drug-likeness (QED) is 0.410. The molecule has 0 aromatic heterocycles. The summed E-state index contributed by atoms with van der Waals surface area (Å²) in [6.45, 7) is 9.91. The lowest BCUT2D eigenvalue weighted by Gasteiger charge is -2.38. The second-order valence-electron chi connectivity index (χ2n) is 11.0. The first-order valence-corrected chi connectivity index (χ1v) is 14.4. The molecule has 3 amide bonds. The monoisotopic (exact) mass is 577 g/mol. The number of fused-ring (bicyclic) bond motifs is 1. The number of amides is 3. The normalized spacial score (nSPS) is 26.9. The molecule has 41 heavy (non-hydrogen) atoms. The van der Waals surface area contributed by atoms with Gasteiger partial charge >= 0.3 is 0 Å². The Hall–Kier alpha value is -3.46. The number of carbonyl (C=O) groups excluding carboxylic acids is 3. The zero-order valence-electron chi connectivity index (χ0n) is 23.2. The Balaban J connectivity index is 1.53. The minimum absolute atomic E-state index is 0.191. The maximum atomic E-state index is 14.5. The summed E-state index contributed by atoms with van der Waals surface area (Å²) in [6, 6.07) is 14.9. The van der Waals surface area contributed by atoms with Crippen LogP contribution in [0.5, 0.6) is 0 Å². The van der Waals surface area contributed by atoms with Crippen molar-refractivity contribution in [2.24, 2.45) is 11.8 Å². The van der Waals surface area contributed by atoms with Crippen LogP contribution in [0.3, 0.4) is 0 Å². The molecule has 6 atom stereocenters. The third-order valence-electron chi connectivity index (χ3n) is 8.59. The van der Waals surface area contributed by atoms with Crippen molar-refractivity contribution >= 4 is 35.0 Å². The van der Waals surface area contributed by atoms with Crippen LogP contribution in [-0.2, 0) is 25.7 Å². The Bertz CT molecular complexity index is 1320. The molecular weight excluding hydrogens is 542 g/mol. The van der Waals surface area contributed by atoms with Crippen molar-refractivity contribution in [2.75, 3.05) is 24.6 Å². The first-order chi connectivity index (χ1) is 19.8. The first-order valence-electron chi connectivity index (χ1n) is 14.0. The molecule has 0 radical (unpaired) electrons. The Labute approximate surface area is 245 Å². The molecule has 2 bridgehead atoms. The highest BCUT2D eigenvalue weighted by molar-refractivity contribution is 6.30. The standard InChI is InChI=1S/C32H36ClN3O5/c1-4-17-34(19-22-9-7-6-8-10-22)29(38)26-25-15-16-32(41-25)27(26)30(39)36(21(3)20-37)28(32)31(40)35(18-5-2)24-13-11-23(33)12-14-24/h4-14,21,25-28,37H,1-2,15-20H2,3H3/t21-,25-,26+,27+,28?,32?/m1/s1. The Morgan fingerprint density at radius 3 is 2.44 bits per heavy atom. The van der Waals surface area contributed by atoms with Gasteiger partial charge in [-0.2, -0.15) is 0 Å². The second kappa shape index (κ2) is 11.8. The lowest BCUT2D eigenvalue weighted by molar-refractivity contribution is -0.147. The Kier molecular flexibility index (Phi) is 8.36. The highest BCUT2D eigenvalue weighted by Gasteiger charge is 2.75. The van der Waals surface area contributed by atoms with E-state index in [1.54, 1.807) is 53.1 Å². The molecule has 2 unspecified atom stereocenters. The minimum Gasteiger partial charge on any atom is -0.394 e. The van der Waals surface area contributed by atoms with E-state index in [1.165, 1.54) is 4.90 Å². The first kappa shape index (κ1) is 29.0. The van der Waals surface area contributed by atoms with Gasteiger partial charge in [0.05, 0.1) is 30.6 Å². The summed E-state index contributed by atoms with van der Waals surface area (Å²) in [5.74, 6) is -2.45. The number of benzene rings is 2. The van der Waals surface area contributed by atoms with Crippen molar-refractivity contribution in [1.82, 2.24) is 9.80 Å². The van der Waals surface area contributed by atoms with Crippen LogP contribution in [0.15, 0.2) is 79.9 Å². The second-order valence-corrected chi connectivity index (χ2v) is 11.5. The molecule has 216 valence electrons. The van der Waals surface area contributed by atoms with Gasteiger partial charge in [-0.25, -0.2) is 0 Å². The van der Waals surface area contributed by atoms with E-state index in [1.807, 2.05) is 30.3 Å². The number of carbonyl (C=O) groups is 3. The van der Waals surface area contributed by atoms with Crippen LogP contribution >= 0.6 is 11.6 Å². The predicted octanol–water partition coefficient (Wildman–Crippen LogP) is 3.83. The van der Waals surface area contributed by atoms with E-state index in [4.69, 9.17) is 16.3 Å². The SMILES string of the molecule is C=CCN(Cc1ccccc1)C(=O)[C@@H]1[C@H]2C(=O)N([C@H](C)CO)C(C(=O)N(CC=C)c3ccc(Cl)cc3)C23CC[C@H]1O3. The number of likely N-dealkylation sites (tertiary alicyclic amines) is 1. The predicted molar refractivity (Wildman–Crippen MR) is 157 cm³/mol. The fourth-order valence-corrected chi connectivity index (χ4v) is 6.96. The lowest BCUT2D eigenvalue weighted by Crippen LogP contribution is -2.58. The highest BCUT2D eigenvalue weighted by Crippen LogP contribution is 2.59. The molecular formula is C32H36ClN3O5. The van der Waals surface area contributed by atoms with Crippen molar-refractivity contribution < 1.29 is 24.2 Å². The van der Waals surface area contributed by atoms with Gasteiger partial charge in [0, 0.05) is 30.3 Å². The van der Waals surface area contributed by atoms with Gasteiger partial charge in [-0.05, 0) is 49.6 Å². The van der Waals surface area contributed by atoms with E-state index < -0.39 is 35.6 Å². The van der Waals surface area contributed by atoms with Crippen LogP contribution in [0.25, 0.3) is 0 Å². The van der Waals surface area contributed by atoms with Crippen LogP contribution in [0.2, 0.25) is 5.02 Å². The van der Waals surface area contributed by atoms with Gasteiger partial charge in [-0.15, -0.1) is 13.2 Å². The summed E-state index contributed by atoms with van der Waals surface area (Å²) in [7, 11) is 0. The summed E-state index contributed by atoms with van der Waals surface area (Å²) in [5, 5.41) is 10.7. The smallest absolute Gasteiger partial charge is 0.253 e. The van der Waals surface area contributed by atoms with E-state index >= 15 is 0 Å². The van der Waals surface area contributed by atoms with E-state index in [-0.39, 0.29) is 30.9 Å². The molecule has 3 aliphatic heterocycles. The molecule has 3 fully saturated rings. The van der Waals surface area contributed by atoms with E-state index in [0.29, 0.717) is 36.6 Å². The fraction of sp³-hybridized carbons (Fsp3) is 0.406. The number of anilines is 1. The van der Waals surface area contributed by atoms with E-state index in [0.717, 1.165) is 5.56 Å². The molecule has 0 aliphatic carbocycles. The number of nitrogens with zero attached hydrogens (tertiary/aromatic N) is 3. The lowest BCUT2D eigenvalue weighted by atomic mass is 9.70. The molecule has 5 rings (SSSR count). The largest absolute Gasteiger partial charge is 0.394 e. The zero-order valence-corrected chi connectivity index (χ0v) is 24.0. The number of hydrogen-bond acceptors (Lipinski definition) is 5. The number of rotatable bonds is 11. The Morgan fingerprint density at radius 2 is 1.80 bits per heavy atom. The van der Waals surface area contributed by atoms with Crippen molar-refractivity contribution in [3.8, 4) is 0 Å². The van der Waals surface area contributed by atoms with Gasteiger partial charge in [-0.3, -0.25) is 14.4 Å². The summed E-state index contributed by atoms with van der Waals surface area (Å²) in [4.78, 5) is 47.6. The molecule has 8 nitrogen and oxygen atoms in total. The molecule has 1 N–H and O–H groups in total. The van der Waals surface area contributed by atoms with Crippen LogP contribution in [0, 0.1) is 11.8 Å². The fourth-order valence-electron chi connectivity index (χ4n) is 6.84. The summed E-state index contributed by atoms with van der Waals surface area (Å²) in [5.41, 5.74) is 0.385. The van der Waals surface area contributed by atoms with Gasteiger partial charge in [0.2, 0.25) is 11.8 Å². The third kappa shape index (κ3) is 4.98. The van der Waals surface area contributed by atoms with Gasteiger partial charge in [0.25, 0.3) is 5.91 Å². The van der Waals surface area contributed by atoms with Gasteiger partial charge in [0.15, 0.2) is 0 Å². The molecule has 0 saturated carbocycles. The zero-order chi connectivity index (χ0) is 29.3. The minimum atomic E-state index is -1.18. The summed E-state index contributed by atoms with van der Waals surface area (Å²) >= 11 is 6.10. The maximum Gasteiger partial charge on any atom is 0.253 e. The van der Waals surface area contributed by atoms with E-state index in [2.05, 4.69) is 13.2 Å². The van der Waals surface area contributed by atoms with Crippen molar-refractivity contribution in [3.63, 3.8) is 0 Å². The topological polar surface area (TPSA) is 90.4 Å². The molecule has 3 saturated heterocycles. The average molecular weight is 578 g/mol. The average Bonchev–Trinajstić information content (AvgIpc) is 3.63. The number of aliphatic hydroxyl groups is 1. The van der Waals surface area contributed by atoms with Gasteiger partial charge in [0.1, 0.15) is 11.6 Å². The molecule has 3 heterocycles. The number of aliphatic hydroxyl groups excluding tert-OH is 1. The van der Waals surface area contributed by atoms with Gasteiger partial charge in [-0.1, -0.05) is 54.1 Å². The molecule has 2 aromatic carbocycles. The number of ether oxygens (including phenoxy) is 1. The molecule has 1 spiro atoms. The number of hydrogen-bond donors (Lipinski definition) is 1. The van der Waals surface area contributed by atoms with Crippen LogP contribution in [0.1, 0.15) is 25.3 Å². The highest BCUT2D eigenvalue weighted by atomic mass is 35.5. The third-order valence-corrected chi connectivity index (χ3v) is 8.84. The van der Waals surface area contributed by atoms with Crippen LogP contribution in [0.4, 0.5) is 5.69 Å². The molecule has 3 aliphatic rings. The molecule has 2 aromatic rings. The van der Waals surface area contributed by atoms with Crippen LogP contribution in [-0.4, -0.2) is 76.1 Å². The maximum absolute atomic E-state index is 14.5. The van der Waals surface area contributed by atoms with Crippen molar-refractivity contribution in [2.45, 2.75) is 50.1 Å². The van der Waals surface area contributed by atoms with Crippen LogP contribution < -0.4 is 4.90 Å². The molecule has 9 heteroatoms. The summed E-state index contributed by atoms with van der Waals surface area (Å²) in [6.07, 6.45) is 3.83. The van der Waals surface area contributed by atoms with E-state index in [9.17, 15) is 19.5 Å².